The summed E-state index contributed by atoms with van der Waals surface area (Å²) in [5.74, 6) is -3.67. The average Bonchev–Trinajstić information content (AvgIpc) is 3.76. The third kappa shape index (κ3) is 23.0. The molecule has 14 heteroatoms. The lowest BCUT2D eigenvalue weighted by atomic mass is 9.82. The quantitative estimate of drug-likeness (QED) is 0.0802. The van der Waals surface area contributed by atoms with E-state index in [-0.39, 0.29) is 73.6 Å². The number of piperidine rings is 1. The maximum absolute atomic E-state index is 14.9. The van der Waals surface area contributed by atoms with Crippen LogP contribution in [-0.4, -0.2) is 93.8 Å². The number of likely N-dealkylation sites (N-methyl/N-ethyl adjacent to an activating group) is 1. The number of carbonyl (C=O) groups is 6. The molecule has 376 valence electrons. The minimum Gasteiger partial charge on any atom is -0.481 e. The number of amides is 2. The van der Waals surface area contributed by atoms with Gasteiger partial charge in [0.25, 0.3) is 5.91 Å². The van der Waals surface area contributed by atoms with Crippen molar-refractivity contribution in [3.05, 3.63) is 52.0 Å². The van der Waals surface area contributed by atoms with E-state index in [1.54, 1.807) is 12.3 Å². The van der Waals surface area contributed by atoms with Gasteiger partial charge >= 0.3 is 17.9 Å². The molecule has 0 unspecified atom stereocenters. The number of benzene rings is 1. The number of hydrogen-bond donors (Lipinski definition) is 2. The first-order chi connectivity index (χ1) is 31.1. The Labute approximate surface area is 402 Å². The summed E-state index contributed by atoms with van der Waals surface area (Å²) in [7, 11) is 1.95. The summed E-state index contributed by atoms with van der Waals surface area (Å²) in [5, 5.41) is 14.5. The molecule has 0 saturated carbocycles. The molecule has 1 aliphatic rings. The normalized spacial score (nSPS) is 16.3. The number of hydrogen-bond acceptors (Lipinski definition) is 11. The molecule has 1 saturated heterocycles. The van der Waals surface area contributed by atoms with E-state index in [0.29, 0.717) is 17.8 Å². The van der Waals surface area contributed by atoms with Crippen molar-refractivity contribution in [1.29, 1.82) is 0 Å². The number of esters is 2. The van der Waals surface area contributed by atoms with Gasteiger partial charge < -0.3 is 24.8 Å². The van der Waals surface area contributed by atoms with Crippen LogP contribution in [0.15, 0.2) is 35.7 Å². The number of aliphatic carboxylic acids is 1. The number of likely N-dealkylation sites (tertiary alicyclic amines) is 1. The van der Waals surface area contributed by atoms with Crippen molar-refractivity contribution in [2.75, 3.05) is 20.3 Å². The summed E-state index contributed by atoms with van der Waals surface area (Å²) in [6.07, 6.45) is 3.32. The lowest BCUT2D eigenvalue weighted by Gasteiger charge is -2.39. The third-order valence-corrected chi connectivity index (χ3v) is 12.1. The van der Waals surface area contributed by atoms with Gasteiger partial charge in [-0.1, -0.05) is 140 Å². The maximum Gasteiger partial charge on any atom is 0.307 e. The van der Waals surface area contributed by atoms with E-state index < -0.39 is 53.8 Å². The Morgan fingerprint density at radius 2 is 1.52 bits per heavy atom. The fourth-order valence-electron chi connectivity index (χ4n) is 7.52. The SMILES string of the molecule is CC.CC.CC(C)C.CC[C@H](C)[C@H](CC(=O)[C@H]1CCCCN1C)C(=O)N(COC(=O)CC(C)C)[C@H](C[C@@H](OC(C)=O)c1nc(C(=O)N[C@@H](Cc2ccccc2)C[C@H](C)C(=O)O)cs1)C(C)C. The fourth-order valence-corrected chi connectivity index (χ4v) is 8.36. The number of aromatic nitrogens is 1. The highest BCUT2D eigenvalue weighted by Gasteiger charge is 2.39. The zero-order chi connectivity index (χ0) is 50.7. The summed E-state index contributed by atoms with van der Waals surface area (Å²) in [6, 6.07) is 8.09. The van der Waals surface area contributed by atoms with Gasteiger partial charge in [0.2, 0.25) is 5.91 Å². The Balaban J connectivity index is 0.00000493. The van der Waals surface area contributed by atoms with Gasteiger partial charge in [-0.15, -0.1) is 11.3 Å². The Hall–Kier alpha value is -4.17. The van der Waals surface area contributed by atoms with Crippen LogP contribution < -0.4 is 5.32 Å². The molecule has 13 nitrogen and oxygen atoms in total. The van der Waals surface area contributed by atoms with Crippen LogP contribution in [0.25, 0.3) is 0 Å². The fraction of sp³-hybridized carbons (Fsp3) is 0.712. The molecule has 0 bridgehead atoms. The number of thiazole rings is 1. The summed E-state index contributed by atoms with van der Waals surface area (Å²) in [5.41, 5.74) is 1.02. The van der Waals surface area contributed by atoms with Crippen LogP contribution in [0.1, 0.15) is 182 Å². The van der Waals surface area contributed by atoms with Gasteiger partial charge in [0.1, 0.15) is 10.7 Å². The van der Waals surface area contributed by atoms with Crippen LogP contribution in [0.4, 0.5) is 0 Å². The minimum atomic E-state index is -0.968. The van der Waals surface area contributed by atoms with Crippen LogP contribution >= 0.6 is 11.3 Å². The second-order valence-electron chi connectivity index (χ2n) is 18.5. The molecular formula is C52H88N4O9S. The van der Waals surface area contributed by atoms with E-state index in [9.17, 15) is 33.9 Å². The van der Waals surface area contributed by atoms with Gasteiger partial charge in [0.05, 0.1) is 12.0 Å². The van der Waals surface area contributed by atoms with E-state index >= 15 is 0 Å². The molecule has 1 aromatic carbocycles. The van der Waals surface area contributed by atoms with Crippen LogP contribution in [0.3, 0.4) is 0 Å². The Morgan fingerprint density at radius 3 is 2.03 bits per heavy atom. The highest BCUT2D eigenvalue weighted by Crippen LogP contribution is 2.34. The number of nitrogens with zero attached hydrogens (tertiary/aromatic N) is 3. The molecule has 1 aromatic heterocycles. The molecule has 0 spiro atoms. The van der Waals surface area contributed by atoms with Crippen molar-refractivity contribution in [1.82, 2.24) is 20.1 Å². The number of carboxylic acids is 1. The Kier molecular flexibility index (Phi) is 31.2. The second kappa shape index (κ2) is 33.3. The minimum absolute atomic E-state index is 0.0218. The molecule has 0 aliphatic carbocycles. The molecule has 2 aromatic rings. The third-order valence-electron chi connectivity index (χ3n) is 11.1. The van der Waals surface area contributed by atoms with E-state index in [1.165, 1.54) is 11.8 Å². The molecule has 7 atom stereocenters. The lowest BCUT2D eigenvalue weighted by Crippen LogP contribution is -2.50. The summed E-state index contributed by atoms with van der Waals surface area (Å²) < 4.78 is 11.6. The summed E-state index contributed by atoms with van der Waals surface area (Å²) in [4.78, 5) is 87.8. The van der Waals surface area contributed by atoms with Gasteiger partial charge in [-0.2, -0.15) is 0 Å². The Bertz CT molecular complexity index is 1710. The summed E-state index contributed by atoms with van der Waals surface area (Å²) >= 11 is 1.13. The van der Waals surface area contributed by atoms with Crippen molar-refractivity contribution >= 4 is 46.8 Å². The monoisotopic (exact) mass is 945 g/mol. The highest BCUT2D eigenvalue weighted by atomic mass is 32.1. The molecule has 1 fully saturated rings. The molecule has 3 rings (SSSR count). The Morgan fingerprint density at radius 1 is 0.909 bits per heavy atom. The van der Waals surface area contributed by atoms with Crippen LogP contribution in [-0.2, 0) is 39.9 Å². The van der Waals surface area contributed by atoms with E-state index in [0.717, 1.165) is 48.6 Å². The largest absolute Gasteiger partial charge is 0.481 e. The first-order valence-corrected chi connectivity index (χ1v) is 25.4. The molecule has 2 heterocycles. The molecule has 2 amide bonds. The van der Waals surface area contributed by atoms with Crippen LogP contribution in [0.5, 0.6) is 0 Å². The zero-order valence-electron chi connectivity index (χ0n) is 43.5. The van der Waals surface area contributed by atoms with Gasteiger partial charge in [-0.25, -0.2) is 4.98 Å². The van der Waals surface area contributed by atoms with Crippen LogP contribution in [0, 0.1) is 35.5 Å². The van der Waals surface area contributed by atoms with Crippen molar-refractivity contribution in [2.45, 2.75) is 186 Å². The van der Waals surface area contributed by atoms with E-state index in [1.807, 2.05) is 107 Å². The zero-order valence-corrected chi connectivity index (χ0v) is 44.3. The molecule has 0 radical (unpaired) electrons. The number of ether oxygens (including phenoxy) is 2. The van der Waals surface area contributed by atoms with Crippen molar-refractivity contribution in [3.8, 4) is 0 Å². The first kappa shape index (κ1) is 61.8. The predicted octanol–water partition coefficient (Wildman–Crippen LogP) is 10.8. The van der Waals surface area contributed by atoms with Crippen LogP contribution in [0.2, 0.25) is 0 Å². The van der Waals surface area contributed by atoms with Gasteiger partial charge in [-0.3, -0.25) is 33.7 Å². The number of carbonyl (C=O) groups excluding carboxylic acids is 5. The molecule has 2 N–H and O–H groups in total. The molecule has 66 heavy (non-hydrogen) atoms. The lowest BCUT2D eigenvalue weighted by molar-refractivity contribution is -0.162. The number of rotatable bonds is 23. The van der Waals surface area contributed by atoms with E-state index in [4.69, 9.17) is 9.47 Å². The van der Waals surface area contributed by atoms with Gasteiger partial charge in [-0.05, 0) is 68.5 Å². The van der Waals surface area contributed by atoms with E-state index in [2.05, 4.69) is 36.0 Å². The standard InChI is InChI=1S/C44H66N4O9S.C4H10.2C2H6/c1-10-29(6)34(23-38(50)36-18-14-15-19-47(36)9)43(53)48(26-56-40(51)20-27(2)3)37(28(4)5)24-39(57-31(8)49)42-46-35(25-58-42)41(52)45-33(21-30(7)44(54)55)22-32-16-12-11-13-17-32;1-4(2)3;2*1-2/h11-13,16-17,25,27-30,33-34,36-37,39H,10,14-15,18-24,26H2,1-9H3,(H,45,52)(H,54,55);4H,1-3H3;2*1-2H3/t29-,30-,33+,34-,36+,37+,39+;;;/m0.../s1. The number of ketones is 1. The smallest absolute Gasteiger partial charge is 0.307 e. The van der Waals surface area contributed by atoms with Gasteiger partial charge in [0.15, 0.2) is 18.6 Å². The van der Waals surface area contributed by atoms with Gasteiger partial charge in [0, 0.05) is 49.6 Å². The van der Waals surface area contributed by atoms with Crippen molar-refractivity contribution < 1.29 is 43.3 Å². The predicted molar refractivity (Wildman–Crippen MR) is 266 cm³/mol. The number of Topliss-reactive ketones (excluding diaryl/α,β-unsaturated/α-hetero) is 1. The average molecular weight is 945 g/mol. The number of carboxylic acid groups (broad SMARTS) is 1. The highest BCUT2D eigenvalue weighted by molar-refractivity contribution is 7.09. The second-order valence-corrected chi connectivity index (χ2v) is 19.4. The summed E-state index contributed by atoms with van der Waals surface area (Å²) in [6.45, 7) is 29.5. The van der Waals surface area contributed by atoms with Crippen molar-refractivity contribution in [2.24, 2.45) is 35.5 Å². The number of nitrogens with one attached hydrogen (secondary N) is 1. The molecule has 1 aliphatic heterocycles. The van der Waals surface area contributed by atoms with Crippen molar-refractivity contribution in [3.63, 3.8) is 0 Å². The maximum atomic E-state index is 14.9. The topological polar surface area (TPSA) is 173 Å². The molecular weight excluding hydrogens is 857 g/mol. The first-order valence-electron chi connectivity index (χ1n) is 24.5.